The molecule has 0 amide bonds. The van der Waals surface area contributed by atoms with E-state index < -0.39 is 0 Å². The highest BCUT2D eigenvalue weighted by molar-refractivity contribution is 5.17. The Morgan fingerprint density at radius 1 is 1.20 bits per heavy atom. The van der Waals surface area contributed by atoms with E-state index in [1.54, 1.807) is 0 Å². The summed E-state index contributed by atoms with van der Waals surface area (Å²) in [5, 5.41) is 13.4. The Labute approximate surface area is 123 Å². The Balaban J connectivity index is 1.68. The third-order valence-electron chi connectivity index (χ3n) is 5.74. The summed E-state index contributed by atoms with van der Waals surface area (Å²) in [5.74, 6) is 1.52. The van der Waals surface area contributed by atoms with E-state index in [1.807, 2.05) is 0 Å². The molecule has 0 spiro atoms. The molecule has 3 fully saturated rings. The third-order valence-corrected chi connectivity index (χ3v) is 5.74. The summed E-state index contributed by atoms with van der Waals surface area (Å²) in [6.07, 6.45) is 10.6. The largest absolute Gasteiger partial charge is 0.298 e. The summed E-state index contributed by atoms with van der Waals surface area (Å²) in [6.45, 7) is 5.36. The van der Waals surface area contributed by atoms with Crippen LogP contribution < -0.4 is 5.32 Å². The Hall–Kier alpha value is -0.590. The van der Waals surface area contributed by atoms with E-state index >= 15 is 0 Å². The third kappa shape index (κ3) is 2.73. The van der Waals surface area contributed by atoms with E-state index in [0.29, 0.717) is 5.92 Å². The van der Waals surface area contributed by atoms with Crippen molar-refractivity contribution in [2.75, 3.05) is 19.6 Å². The van der Waals surface area contributed by atoms with Crippen LogP contribution >= 0.6 is 0 Å². The zero-order valence-corrected chi connectivity index (χ0v) is 12.9. The summed E-state index contributed by atoms with van der Waals surface area (Å²) < 4.78 is 0. The molecule has 3 atom stereocenters. The van der Waals surface area contributed by atoms with Gasteiger partial charge in [0.05, 0.1) is 6.07 Å². The number of hydrogen-bond donors (Lipinski definition) is 1. The van der Waals surface area contributed by atoms with E-state index in [4.69, 9.17) is 0 Å². The molecule has 0 bridgehead atoms. The maximum absolute atomic E-state index is 9.83. The quantitative estimate of drug-likeness (QED) is 0.810. The van der Waals surface area contributed by atoms with Gasteiger partial charge in [-0.2, -0.15) is 5.26 Å². The van der Waals surface area contributed by atoms with Crippen LogP contribution in [-0.2, 0) is 0 Å². The van der Waals surface area contributed by atoms with Gasteiger partial charge in [-0.05, 0) is 63.5 Å². The molecule has 3 unspecified atom stereocenters. The Bertz CT molecular complexity index is 371. The van der Waals surface area contributed by atoms with Crippen molar-refractivity contribution in [3.05, 3.63) is 0 Å². The second-order valence-corrected chi connectivity index (χ2v) is 7.16. The summed E-state index contributed by atoms with van der Waals surface area (Å²) >= 11 is 0. The van der Waals surface area contributed by atoms with Gasteiger partial charge in [-0.3, -0.25) is 10.2 Å². The number of nitrogens with one attached hydrogen (secondary N) is 1. The zero-order valence-electron chi connectivity index (χ0n) is 12.9. The van der Waals surface area contributed by atoms with Crippen molar-refractivity contribution in [2.45, 2.75) is 69.9 Å². The van der Waals surface area contributed by atoms with Gasteiger partial charge < -0.3 is 0 Å². The van der Waals surface area contributed by atoms with E-state index in [-0.39, 0.29) is 5.54 Å². The number of rotatable bonds is 6. The van der Waals surface area contributed by atoms with Crippen LogP contribution in [-0.4, -0.2) is 36.1 Å². The standard InChI is InChI=1S/C17H29N3/c1-2-10-19-17(12-18,15-7-8-15)13-20-11-9-14-5-3-4-6-16(14)20/h14-16,19H,2-11,13H2,1H3. The van der Waals surface area contributed by atoms with E-state index in [2.05, 4.69) is 23.2 Å². The first kappa shape index (κ1) is 14.4. The van der Waals surface area contributed by atoms with Crippen molar-refractivity contribution in [1.29, 1.82) is 5.26 Å². The molecule has 2 saturated carbocycles. The fraction of sp³-hybridized carbons (Fsp3) is 0.941. The molecule has 0 aromatic heterocycles. The molecule has 112 valence electrons. The molecule has 1 aliphatic heterocycles. The van der Waals surface area contributed by atoms with E-state index in [1.165, 1.54) is 51.5 Å². The highest BCUT2D eigenvalue weighted by Gasteiger charge is 2.48. The molecule has 0 aromatic carbocycles. The van der Waals surface area contributed by atoms with Gasteiger partial charge in [0.1, 0.15) is 5.54 Å². The molecule has 1 N–H and O–H groups in total. The minimum atomic E-state index is -0.262. The molecular weight excluding hydrogens is 246 g/mol. The molecule has 3 nitrogen and oxygen atoms in total. The predicted molar refractivity (Wildman–Crippen MR) is 81.3 cm³/mol. The molecular formula is C17H29N3. The van der Waals surface area contributed by atoms with Gasteiger partial charge in [-0.1, -0.05) is 19.8 Å². The minimum absolute atomic E-state index is 0.262. The first-order chi connectivity index (χ1) is 9.79. The van der Waals surface area contributed by atoms with Gasteiger partial charge in [-0.25, -0.2) is 0 Å². The predicted octanol–water partition coefficient (Wildman–Crippen LogP) is 2.92. The minimum Gasteiger partial charge on any atom is -0.298 e. The summed E-state index contributed by atoms with van der Waals surface area (Å²) in [7, 11) is 0. The van der Waals surface area contributed by atoms with E-state index in [0.717, 1.165) is 31.5 Å². The zero-order chi connectivity index (χ0) is 14.0. The first-order valence-electron chi connectivity index (χ1n) is 8.69. The molecule has 3 rings (SSSR count). The van der Waals surface area contributed by atoms with Crippen LogP contribution in [0.1, 0.15) is 58.3 Å². The first-order valence-corrected chi connectivity index (χ1v) is 8.69. The summed E-state index contributed by atoms with van der Waals surface area (Å²) in [4.78, 5) is 2.66. The van der Waals surface area contributed by atoms with Crippen LogP contribution in [0.4, 0.5) is 0 Å². The lowest BCUT2D eigenvalue weighted by atomic mass is 9.84. The van der Waals surface area contributed by atoms with Crippen LogP contribution in [0.25, 0.3) is 0 Å². The van der Waals surface area contributed by atoms with Gasteiger partial charge in [0.25, 0.3) is 0 Å². The lowest BCUT2D eigenvalue weighted by Crippen LogP contribution is -2.56. The lowest BCUT2D eigenvalue weighted by molar-refractivity contribution is 0.142. The van der Waals surface area contributed by atoms with Gasteiger partial charge in [-0.15, -0.1) is 0 Å². The highest BCUT2D eigenvalue weighted by Crippen LogP contribution is 2.43. The van der Waals surface area contributed by atoms with Gasteiger partial charge in [0.15, 0.2) is 0 Å². The van der Waals surface area contributed by atoms with Crippen molar-refractivity contribution < 1.29 is 0 Å². The Morgan fingerprint density at radius 2 is 2.00 bits per heavy atom. The summed E-state index contributed by atoms with van der Waals surface area (Å²) in [5.41, 5.74) is -0.262. The fourth-order valence-corrected chi connectivity index (χ4v) is 4.44. The smallest absolute Gasteiger partial charge is 0.122 e. The molecule has 20 heavy (non-hydrogen) atoms. The molecule has 0 radical (unpaired) electrons. The normalized spacial score (nSPS) is 33.4. The fourth-order valence-electron chi connectivity index (χ4n) is 4.44. The number of hydrogen-bond acceptors (Lipinski definition) is 3. The average molecular weight is 275 g/mol. The molecule has 3 aliphatic rings. The monoisotopic (exact) mass is 275 g/mol. The van der Waals surface area contributed by atoms with Crippen LogP contribution in [0.2, 0.25) is 0 Å². The summed E-state index contributed by atoms with van der Waals surface area (Å²) in [6, 6.07) is 3.46. The van der Waals surface area contributed by atoms with Crippen LogP contribution in [0, 0.1) is 23.2 Å². The van der Waals surface area contributed by atoms with Crippen LogP contribution in [0.15, 0.2) is 0 Å². The van der Waals surface area contributed by atoms with Crippen molar-refractivity contribution in [1.82, 2.24) is 10.2 Å². The van der Waals surface area contributed by atoms with E-state index in [9.17, 15) is 5.26 Å². The van der Waals surface area contributed by atoms with Gasteiger partial charge >= 0.3 is 0 Å². The average Bonchev–Trinajstić information content (AvgIpc) is 3.27. The molecule has 1 saturated heterocycles. The highest BCUT2D eigenvalue weighted by atomic mass is 15.2. The van der Waals surface area contributed by atoms with Gasteiger partial charge in [0, 0.05) is 12.6 Å². The SMILES string of the molecule is CCCNC(C#N)(CN1CCC2CCCCC21)C1CC1. The van der Waals surface area contributed by atoms with Crippen molar-refractivity contribution in [2.24, 2.45) is 11.8 Å². The lowest BCUT2D eigenvalue weighted by Gasteiger charge is -2.38. The second kappa shape index (κ2) is 6.03. The molecule has 2 aliphatic carbocycles. The Morgan fingerprint density at radius 3 is 2.70 bits per heavy atom. The maximum atomic E-state index is 9.83. The number of likely N-dealkylation sites (tertiary alicyclic amines) is 1. The van der Waals surface area contributed by atoms with Gasteiger partial charge in [0.2, 0.25) is 0 Å². The maximum Gasteiger partial charge on any atom is 0.122 e. The Kier molecular flexibility index (Phi) is 4.33. The second-order valence-electron chi connectivity index (χ2n) is 7.16. The molecule has 1 heterocycles. The van der Waals surface area contributed by atoms with Crippen LogP contribution in [0.3, 0.4) is 0 Å². The number of nitriles is 1. The van der Waals surface area contributed by atoms with Crippen LogP contribution in [0.5, 0.6) is 0 Å². The number of nitrogens with zero attached hydrogens (tertiary/aromatic N) is 2. The topological polar surface area (TPSA) is 39.1 Å². The number of fused-ring (bicyclic) bond motifs is 1. The molecule has 0 aromatic rings. The van der Waals surface area contributed by atoms with Crippen molar-refractivity contribution >= 4 is 0 Å². The van der Waals surface area contributed by atoms with Crippen molar-refractivity contribution in [3.8, 4) is 6.07 Å². The molecule has 3 heteroatoms. The van der Waals surface area contributed by atoms with Crippen molar-refractivity contribution in [3.63, 3.8) is 0 Å².